The number of amides is 1. The molecule has 1 fully saturated rings. The summed E-state index contributed by atoms with van der Waals surface area (Å²) in [6.45, 7) is 6.72. The number of nitrogens with one attached hydrogen (secondary N) is 1. The largest absolute Gasteiger partial charge is 0.485 e. The number of hydrogen-bond acceptors (Lipinski definition) is 6. The zero-order valence-electron chi connectivity index (χ0n) is 23.2. The molecule has 0 radical (unpaired) electrons. The first-order chi connectivity index (χ1) is 19.7. The Morgan fingerprint density at radius 3 is 2.44 bits per heavy atom. The summed E-state index contributed by atoms with van der Waals surface area (Å²) in [6, 6.07) is 23.4. The number of rotatable bonds is 7. The maximum atomic E-state index is 13.9. The minimum absolute atomic E-state index is 0.212. The number of ether oxygens (including phenoxy) is 1. The molecule has 0 aliphatic carbocycles. The van der Waals surface area contributed by atoms with Gasteiger partial charge in [0.1, 0.15) is 11.9 Å². The lowest BCUT2D eigenvalue weighted by atomic mass is 10.0. The van der Waals surface area contributed by atoms with Crippen LogP contribution < -0.4 is 9.46 Å². The Kier molecular flexibility index (Phi) is 7.27. The van der Waals surface area contributed by atoms with Gasteiger partial charge in [0.2, 0.25) is 0 Å². The zero-order valence-corrected chi connectivity index (χ0v) is 24.8. The highest BCUT2D eigenvalue weighted by molar-refractivity contribution is 7.87. The average molecular weight is 586 g/mol. The van der Waals surface area contributed by atoms with Crippen LogP contribution in [0.15, 0.2) is 72.8 Å². The molecule has 0 spiro atoms. The normalized spacial score (nSPS) is 14.9. The molecule has 1 aliphatic heterocycles. The number of aryl methyl sites for hydroxylation is 2. The predicted octanol–water partition coefficient (Wildman–Crippen LogP) is 6.94. The van der Waals surface area contributed by atoms with E-state index in [1.807, 2.05) is 75.4 Å². The summed E-state index contributed by atoms with van der Waals surface area (Å²) >= 11 is 1.61. The fourth-order valence-electron chi connectivity index (χ4n) is 5.40. The van der Waals surface area contributed by atoms with Crippen molar-refractivity contribution in [3.8, 4) is 16.3 Å². The van der Waals surface area contributed by atoms with E-state index in [1.54, 1.807) is 17.4 Å². The van der Waals surface area contributed by atoms with E-state index in [-0.39, 0.29) is 11.7 Å². The first-order valence-electron chi connectivity index (χ1n) is 13.7. The highest BCUT2D eigenvalue weighted by atomic mass is 32.2. The van der Waals surface area contributed by atoms with Gasteiger partial charge < -0.3 is 4.74 Å². The second kappa shape index (κ2) is 10.9. The molecule has 0 unspecified atom stereocenters. The van der Waals surface area contributed by atoms with Crippen molar-refractivity contribution >= 4 is 48.4 Å². The van der Waals surface area contributed by atoms with Crippen molar-refractivity contribution < 1.29 is 17.9 Å². The molecule has 3 aromatic carbocycles. The van der Waals surface area contributed by atoms with Gasteiger partial charge in [-0.3, -0.25) is 4.79 Å². The Balaban J connectivity index is 1.53. The molecule has 210 valence electrons. The van der Waals surface area contributed by atoms with Gasteiger partial charge in [0, 0.05) is 17.8 Å². The molecular weight excluding hydrogens is 555 g/mol. The zero-order chi connectivity index (χ0) is 28.7. The highest BCUT2D eigenvalue weighted by Gasteiger charge is 2.29. The summed E-state index contributed by atoms with van der Waals surface area (Å²) in [5, 5.41) is 1.62. The third-order valence-electron chi connectivity index (χ3n) is 7.64. The Bertz CT molecular complexity index is 1880. The summed E-state index contributed by atoms with van der Waals surface area (Å²) < 4.78 is 37.5. The lowest BCUT2D eigenvalue weighted by molar-refractivity contribution is 0.0980. The average Bonchev–Trinajstić information content (AvgIpc) is 3.64. The van der Waals surface area contributed by atoms with Crippen LogP contribution in [-0.2, 0) is 10.2 Å². The van der Waals surface area contributed by atoms with E-state index >= 15 is 0 Å². The number of pyridine rings is 1. The van der Waals surface area contributed by atoms with Crippen LogP contribution in [0.25, 0.3) is 31.6 Å². The minimum atomic E-state index is -4.00. The van der Waals surface area contributed by atoms with E-state index in [2.05, 4.69) is 16.9 Å². The second-order valence-electron chi connectivity index (χ2n) is 10.4. The molecule has 1 saturated heterocycles. The molecule has 1 N–H and O–H groups in total. The molecule has 5 aromatic rings. The molecular formula is C32H31N3O4S2. The second-order valence-corrected chi connectivity index (χ2v) is 13.1. The fraction of sp³-hybridized carbons (Fsp3) is 0.250. The summed E-state index contributed by atoms with van der Waals surface area (Å²) in [5.41, 5.74) is 4.34. The molecule has 7 nitrogen and oxygen atoms in total. The van der Waals surface area contributed by atoms with E-state index in [9.17, 15) is 13.2 Å². The van der Waals surface area contributed by atoms with Crippen LogP contribution in [0.5, 0.6) is 5.75 Å². The molecule has 6 rings (SSSR count). The molecule has 0 bridgehead atoms. The number of thiophene rings is 1. The van der Waals surface area contributed by atoms with Crippen LogP contribution in [0.1, 0.15) is 52.9 Å². The number of carbonyl (C=O) groups is 1. The maximum absolute atomic E-state index is 13.9. The van der Waals surface area contributed by atoms with E-state index in [0.717, 1.165) is 44.5 Å². The van der Waals surface area contributed by atoms with Gasteiger partial charge in [0.25, 0.3) is 5.91 Å². The van der Waals surface area contributed by atoms with Crippen molar-refractivity contribution in [3.63, 3.8) is 0 Å². The monoisotopic (exact) mass is 585 g/mol. The maximum Gasteiger partial charge on any atom is 0.304 e. The van der Waals surface area contributed by atoms with Crippen molar-refractivity contribution in [2.75, 3.05) is 13.1 Å². The number of hydrogen-bond donors (Lipinski definition) is 1. The van der Waals surface area contributed by atoms with Crippen molar-refractivity contribution in [1.82, 2.24) is 14.0 Å². The summed E-state index contributed by atoms with van der Waals surface area (Å²) in [4.78, 5) is 19.9. The van der Waals surface area contributed by atoms with E-state index in [4.69, 9.17) is 9.72 Å². The van der Waals surface area contributed by atoms with Crippen LogP contribution in [0.3, 0.4) is 0 Å². The van der Waals surface area contributed by atoms with Gasteiger partial charge in [-0.15, -0.1) is 11.3 Å². The quantitative estimate of drug-likeness (QED) is 0.223. The Morgan fingerprint density at radius 2 is 1.71 bits per heavy atom. The number of nitrogens with zero attached hydrogens (tertiary/aromatic N) is 2. The smallest absolute Gasteiger partial charge is 0.304 e. The Morgan fingerprint density at radius 1 is 1.00 bits per heavy atom. The third kappa shape index (κ3) is 5.21. The minimum Gasteiger partial charge on any atom is -0.485 e. The molecule has 9 heteroatoms. The molecule has 41 heavy (non-hydrogen) atoms. The molecule has 1 amide bonds. The number of carbonyl (C=O) groups excluding carboxylic acids is 1. The SMILES string of the molecule is Cc1c(-c2cc(C(=O)NS(=O)(=O)N3CCCC3)c3c(O[C@H](C)c4ccccc4)ccc(C)c3n2)sc2ccccc12. The molecule has 2 aromatic heterocycles. The molecule has 3 heterocycles. The van der Waals surface area contributed by atoms with Gasteiger partial charge in [0.15, 0.2) is 0 Å². The highest BCUT2D eigenvalue weighted by Crippen LogP contribution is 2.41. The summed E-state index contributed by atoms with van der Waals surface area (Å²) in [7, 11) is -4.00. The van der Waals surface area contributed by atoms with Crippen LogP contribution in [-0.4, -0.2) is 36.7 Å². The van der Waals surface area contributed by atoms with Crippen molar-refractivity contribution in [1.29, 1.82) is 0 Å². The lowest BCUT2D eigenvalue weighted by Gasteiger charge is -2.20. The number of fused-ring (bicyclic) bond motifs is 2. The van der Waals surface area contributed by atoms with Gasteiger partial charge in [0.05, 0.1) is 27.0 Å². The van der Waals surface area contributed by atoms with E-state index in [1.165, 1.54) is 4.31 Å². The van der Waals surface area contributed by atoms with Crippen LogP contribution in [0.2, 0.25) is 0 Å². The summed E-state index contributed by atoms with van der Waals surface area (Å²) in [6.07, 6.45) is 1.24. The topological polar surface area (TPSA) is 88.6 Å². The molecule has 0 saturated carbocycles. The molecule has 1 aliphatic rings. The predicted molar refractivity (Wildman–Crippen MR) is 165 cm³/mol. The number of aromatic nitrogens is 1. The number of benzene rings is 3. The third-order valence-corrected chi connectivity index (χ3v) is 10.4. The standard InChI is InChI=1S/C32H31N3O4S2/c1-20-15-16-27(39-22(3)23-11-5-4-6-12-23)29-25(32(36)34-41(37,38)35-17-9-10-18-35)19-26(33-30(20)29)31-21(2)24-13-7-8-14-28(24)40-31/h4-8,11-16,19,22H,9-10,17-18H2,1-3H3,(H,34,36)/t22-/m1/s1. The van der Waals surface area contributed by atoms with Gasteiger partial charge in [-0.1, -0.05) is 54.6 Å². The van der Waals surface area contributed by atoms with E-state index < -0.39 is 16.1 Å². The van der Waals surface area contributed by atoms with Gasteiger partial charge in [-0.2, -0.15) is 12.7 Å². The van der Waals surface area contributed by atoms with E-state index in [0.29, 0.717) is 35.4 Å². The van der Waals surface area contributed by atoms with Gasteiger partial charge in [-0.05, 0) is 73.9 Å². The van der Waals surface area contributed by atoms with Gasteiger partial charge >= 0.3 is 10.2 Å². The lowest BCUT2D eigenvalue weighted by Crippen LogP contribution is -2.42. The first-order valence-corrected chi connectivity index (χ1v) is 16.0. The van der Waals surface area contributed by atoms with Crippen LogP contribution >= 0.6 is 11.3 Å². The van der Waals surface area contributed by atoms with Crippen molar-refractivity contribution in [2.24, 2.45) is 0 Å². The Hall–Kier alpha value is -3.79. The summed E-state index contributed by atoms with van der Waals surface area (Å²) in [5.74, 6) is -0.232. The van der Waals surface area contributed by atoms with Gasteiger partial charge in [-0.25, -0.2) is 9.71 Å². The fourth-order valence-corrected chi connectivity index (χ4v) is 7.78. The van der Waals surface area contributed by atoms with Crippen LogP contribution in [0, 0.1) is 13.8 Å². The first kappa shape index (κ1) is 27.4. The Labute approximate surface area is 244 Å². The molecule has 1 atom stereocenters. The van der Waals surface area contributed by atoms with Crippen molar-refractivity contribution in [3.05, 3.63) is 95.1 Å². The van der Waals surface area contributed by atoms with Crippen molar-refractivity contribution in [2.45, 2.75) is 39.7 Å². The van der Waals surface area contributed by atoms with Crippen LogP contribution in [0.4, 0.5) is 0 Å².